The lowest BCUT2D eigenvalue weighted by molar-refractivity contribution is 0.106. The van der Waals surface area contributed by atoms with E-state index in [1.54, 1.807) is 0 Å². The monoisotopic (exact) mass is 397 g/mol. The molecule has 0 amide bonds. The zero-order chi connectivity index (χ0) is 20.8. The van der Waals surface area contributed by atoms with Gasteiger partial charge in [-0.05, 0) is 34.4 Å². The van der Waals surface area contributed by atoms with Crippen molar-refractivity contribution in [2.24, 2.45) is 4.99 Å². The summed E-state index contributed by atoms with van der Waals surface area (Å²) in [4.78, 5) is 18.5. The maximum absolute atomic E-state index is 13.6. The van der Waals surface area contributed by atoms with Crippen molar-refractivity contribution in [2.75, 3.05) is 0 Å². The minimum absolute atomic E-state index is 0.0150. The molecule has 4 aromatic carbocycles. The Bertz CT molecular complexity index is 1340. The van der Waals surface area contributed by atoms with Crippen LogP contribution in [0.5, 0.6) is 0 Å². The Morgan fingerprint density at radius 3 is 1.90 bits per heavy atom. The highest BCUT2D eigenvalue weighted by molar-refractivity contribution is 6.55. The predicted octanol–water partition coefficient (Wildman–Crippen LogP) is 6.39. The third-order valence-electron chi connectivity index (χ3n) is 6.33. The molecular formula is C29H19NO. The van der Waals surface area contributed by atoms with E-state index in [9.17, 15) is 4.79 Å². The standard InChI is InChI=1S/C29H19NO/c31-28-23-16-8-7-11-20(23)19-25-27(28)30-26-18-10-9-17-24(26)29(25,21-12-3-1-4-13-21)22-14-5-2-6-15-22/h1-19H. The maximum Gasteiger partial charge on any atom is 0.212 e. The van der Waals surface area contributed by atoms with Gasteiger partial charge in [0.2, 0.25) is 5.78 Å². The summed E-state index contributed by atoms with van der Waals surface area (Å²) in [7, 11) is 0. The van der Waals surface area contributed by atoms with Crippen molar-refractivity contribution in [1.82, 2.24) is 0 Å². The Kier molecular flexibility index (Phi) is 3.87. The summed E-state index contributed by atoms with van der Waals surface area (Å²) in [5.74, 6) is -0.0150. The topological polar surface area (TPSA) is 29.4 Å². The molecule has 0 saturated carbocycles. The minimum atomic E-state index is -0.626. The number of benzene rings is 4. The number of aliphatic imine (C=N–C) groups is 1. The van der Waals surface area contributed by atoms with Crippen molar-refractivity contribution in [1.29, 1.82) is 0 Å². The molecule has 1 aliphatic heterocycles. The van der Waals surface area contributed by atoms with Crippen molar-refractivity contribution < 1.29 is 4.79 Å². The second-order valence-electron chi connectivity index (χ2n) is 7.93. The molecule has 0 atom stereocenters. The molecule has 0 fully saturated rings. The van der Waals surface area contributed by atoms with Crippen LogP contribution in [0.25, 0.3) is 6.08 Å². The van der Waals surface area contributed by atoms with Gasteiger partial charge in [0.1, 0.15) is 5.71 Å². The number of rotatable bonds is 2. The van der Waals surface area contributed by atoms with Gasteiger partial charge in [-0.15, -0.1) is 0 Å². The average molecular weight is 397 g/mol. The van der Waals surface area contributed by atoms with Crippen LogP contribution >= 0.6 is 0 Å². The summed E-state index contributed by atoms with van der Waals surface area (Å²) in [6, 6.07) is 36.9. The summed E-state index contributed by atoms with van der Waals surface area (Å²) < 4.78 is 0. The van der Waals surface area contributed by atoms with E-state index in [1.807, 2.05) is 48.5 Å². The lowest BCUT2D eigenvalue weighted by Crippen LogP contribution is -2.41. The number of fused-ring (bicyclic) bond motifs is 3. The largest absolute Gasteiger partial charge is 0.287 e. The number of Topliss-reactive ketones (excluding diaryl/α,β-unsaturated/α-hetero) is 1. The molecule has 0 spiro atoms. The van der Waals surface area contributed by atoms with E-state index in [0.29, 0.717) is 11.3 Å². The van der Waals surface area contributed by atoms with E-state index in [0.717, 1.165) is 33.5 Å². The number of hydrogen-bond donors (Lipinski definition) is 0. The molecule has 4 aromatic rings. The molecule has 0 aromatic heterocycles. The van der Waals surface area contributed by atoms with Gasteiger partial charge < -0.3 is 0 Å². The van der Waals surface area contributed by atoms with Gasteiger partial charge in [-0.3, -0.25) is 4.79 Å². The van der Waals surface area contributed by atoms with Crippen LogP contribution in [0.1, 0.15) is 32.6 Å². The molecule has 1 aliphatic carbocycles. The fraction of sp³-hybridized carbons (Fsp3) is 0.0345. The Labute approximate surface area is 181 Å². The molecule has 1 heterocycles. The Morgan fingerprint density at radius 1 is 0.613 bits per heavy atom. The molecule has 2 aliphatic rings. The van der Waals surface area contributed by atoms with Crippen LogP contribution in [0, 0.1) is 0 Å². The first-order chi connectivity index (χ1) is 15.3. The quantitative estimate of drug-likeness (QED) is 0.385. The Morgan fingerprint density at radius 2 is 1.19 bits per heavy atom. The van der Waals surface area contributed by atoms with E-state index in [1.165, 1.54) is 0 Å². The van der Waals surface area contributed by atoms with Crippen molar-refractivity contribution in [3.05, 3.63) is 143 Å². The van der Waals surface area contributed by atoms with Gasteiger partial charge >= 0.3 is 0 Å². The normalized spacial score (nSPS) is 15.8. The first-order valence-electron chi connectivity index (χ1n) is 10.5. The van der Waals surface area contributed by atoms with Crippen molar-refractivity contribution in [3.8, 4) is 0 Å². The molecule has 0 radical (unpaired) electrons. The molecule has 2 heteroatoms. The summed E-state index contributed by atoms with van der Waals surface area (Å²) in [6.45, 7) is 0. The highest BCUT2D eigenvalue weighted by atomic mass is 16.1. The van der Waals surface area contributed by atoms with Crippen LogP contribution in [0.15, 0.2) is 120 Å². The SMILES string of the molecule is O=C1C2=Nc3ccccc3C(c3ccccc3)(c3ccccc3)C2=Cc2ccccc21. The van der Waals surface area contributed by atoms with E-state index >= 15 is 0 Å². The number of nitrogens with zero attached hydrogens (tertiary/aromatic N) is 1. The summed E-state index contributed by atoms with van der Waals surface area (Å²) in [5, 5.41) is 0. The Balaban J connectivity index is 1.81. The van der Waals surface area contributed by atoms with Gasteiger partial charge in [-0.2, -0.15) is 0 Å². The van der Waals surface area contributed by atoms with Crippen LogP contribution in [0.4, 0.5) is 5.69 Å². The van der Waals surface area contributed by atoms with Gasteiger partial charge in [-0.25, -0.2) is 4.99 Å². The van der Waals surface area contributed by atoms with Crippen LogP contribution in [-0.4, -0.2) is 11.5 Å². The Hall–Kier alpha value is -4.04. The first-order valence-corrected chi connectivity index (χ1v) is 10.5. The fourth-order valence-electron chi connectivity index (χ4n) is 5.02. The lowest BCUT2D eigenvalue weighted by Gasteiger charge is -2.42. The highest BCUT2D eigenvalue weighted by Crippen LogP contribution is 2.53. The van der Waals surface area contributed by atoms with E-state index in [-0.39, 0.29) is 5.78 Å². The van der Waals surface area contributed by atoms with Gasteiger partial charge in [0, 0.05) is 11.1 Å². The smallest absolute Gasteiger partial charge is 0.212 e. The van der Waals surface area contributed by atoms with Gasteiger partial charge in [-0.1, -0.05) is 103 Å². The van der Waals surface area contributed by atoms with E-state index in [2.05, 4.69) is 66.7 Å². The van der Waals surface area contributed by atoms with Crippen LogP contribution < -0.4 is 0 Å². The molecule has 6 rings (SSSR count). The number of allylic oxidation sites excluding steroid dienone is 1. The molecule has 0 unspecified atom stereocenters. The molecular weight excluding hydrogens is 378 g/mol. The minimum Gasteiger partial charge on any atom is -0.287 e. The molecule has 0 N–H and O–H groups in total. The first kappa shape index (κ1) is 17.8. The molecule has 31 heavy (non-hydrogen) atoms. The van der Waals surface area contributed by atoms with Crippen molar-refractivity contribution in [2.45, 2.75) is 5.41 Å². The number of para-hydroxylation sites is 1. The second-order valence-corrected chi connectivity index (χ2v) is 7.93. The second kappa shape index (κ2) is 6.75. The molecule has 2 nitrogen and oxygen atoms in total. The average Bonchev–Trinajstić information content (AvgIpc) is 2.84. The summed E-state index contributed by atoms with van der Waals surface area (Å²) >= 11 is 0. The van der Waals surface area contributed by atoms with Crippen molar-refractivity contribution >= 4 is 23.3 Å². The summed E-state index contributed by atoms with van der Waals surface area (Å²) in [5.41, 5.74) is 6.68. The van der Waals surface area contributed by atoms with Gasteiger partial charge in [0.05, 0.1) is 11.1 Å². The molecule has 0 bridgehead atoms. The third-order valence-corrected chi connectivity index (χ3v) is 6.33. The molecule has 146 valence electrons. The van der Waals surface area contributed by atoms with Gasteiger partial charge in [0.25, 0.3) is 0 Å². The highest BCUT2D eigenvalue weighted by Gasteiger charge is 2.48. The van der Waals surface area contributed by atoms with E-state index < -0.39 is 5.41 Å². The zero-order valence-corrected chi connectivity index (χ0v) is 16.8. The van der Waals surface area contributed by atoms with Crippen LogP contribution in [-0.2, 0) is 5.41 Å². The number of carbonyl (C=O) groups is 1. The van der Waals surface area contributed by atoms with Crippen LogP contribution in [0.2, 0.25) is 0 Å². The molecule has 0 saturated heterocycles. The fourth-order valence-corrected chi connectivity index (χ4v) is 5.02. The van der Waals surface area contributed by atoms with E-state index in [4.69, 9.17) is 4.99 Å². The predicted molar refractivity (Wildman–Crippen MR) is 125 cm³/mol. The lowest BCUT2D eigenvalue weighted by atomic mass is 9.60. The zero-order valence-electron chi connectivity index (χ0n) is 16.8. The maximum atomic E-state index is 13.6. The summed E-state index contributed by atoms with van der Waals surface area (Å²) in [6.07, 6.45) is 2.16. The van der Waals surface area contributed by atoms with Gasteiger partial charge in [0.15, 0.2) is 0 Å². The number of hydrogen-bond acceptors (Lipinski definition) is 2. The van der Waals surface area contributed by atoms with Crippen LogP contribution in [0.3, 0.4) is 0 Å². The van der Waals surface area contributed by atoms with Crippen molar-refractivity contribution in [3.63, 3.8) is 0 Å². The third kappa shape index (κ3) is 2.45. The number of carbonyl (C=O) groups excluding carboxylic acids is 1. The number of ketones is 1.